The lowest BCUT2D eigenvalue weighted by Crippen LogP contribution is -2.51. The lowest BCUT2D eigenvalue weighted by Gasteiger charge is -2.37. The summed E-state index contributed by atoms with van der Waals surface area (Å²) in [5, 5.41) is 14.6. The first-order chi connectivity index (χ1) is 25.2. The first-order valence-electron chi connectivity index (χ1n) is 17.8. The van der Waals surface area contributed by atoms with Crippen molar-refractivity contribution in [1.82, 2.24) is 33.5 Å². The molecular weight excluding hydrogens is 698 g/mol. The van der Waals surface area contributed by atoms with Gasteiger partial charge in [-0.05, 0) is 68.1 Å². The number of hydrogen-bond donors (Lipinski definition) is 1. The second-order valence-corrected chi connectivity index (χ2v) is 16.3. The molecule has 2 aliphatic rings. The summed E-state index contributed by atoms with van der Waals surface area (Å²) in [6, 6.07) is 12.4. The molecule has 4 heterocycles. The van der Waals surface area contributed by atoms with E-state index in [0.717, 1.165) is 55.0 Å². The van der Waals surface area contributed by atoms with Crippen molar-refractivity contribution in [2.24, 2.45) is 0 Å². The van der Waals surface area contributed by atoms with Gasteiger partial charge in [-0.15, -0.1) is 0 Å². The number of likely N-dealkylation sites (tertiary alicyclic amines) is 1. The van der Waals surface area contributed by atoms with Crippen molar-refractivity contribution >= 4 is 38.4 Å². The number of aromatic nitrogens is 3. The zero-order valence-electron chi connectivity index (χ0n) is 30.8. The van der Waals surface area contributed by atoms with E-state index < -0.39 is 27.5 Å². The minimum Gasteiger partial charge on any atom is -0.367 e. The number of ketones is 1. The van der Waals surface area contributed by atoms with E-state index in [-0.39, 0.29) is 28.8 Å². The van der Waals surface area contributed by atoms with E-state index in [1.165, 1.54) is 45.7 Å². The molecule has 0 bridgehead atoms. The topological polar surface area (TPSA) is 148 Å². The van der Waals surface area contributed by atoms with Crippen LogP contribution in [0.25, 0.3) is 10.9 Å². The molecule has 2 saturated heterocycles. The molecule has 0 radical (unpaired) electrons. The second kappa shape index (κ2) is 15.7. The molecule has 6 rings (SSSR count). The van der Waals surface area contributed by atoms with E-state index in [1.54, 1.807) is 14.1 Å². The van der Waals surface area contributed by atoms with Crippen LogP contribution in [0, 0.1) is 24.1 Å². The fraction of sp³-hybridized carbons (Fsp3) is 0.447. The maximum Gasteiger partial charge on any atom is 0.254 e. The number of piperidine rings is 1. The number of carbonyl (C=O) groups excluding carboxylic acids is 2. The number of halogens is 1. The van der Waals surface area contributed by atoms with Gasteiger partial charge in [0.1, 0.15) is 29.7 Å². The summed E-state index contributed by atoms with van der Waals surface area (Å²) in [5.41, 5.74) is 4.24. The van der Waals surface area contributed by atoms with Crippen LogP contribution in [0.2, 0.25) is 0 Å². The summed E-state index contributed by atoms with van der Waals surface area (Å²) in [6.45, 7) is 9.50. The molecule has 0 saturated carbocycles. The highest BCUT2D eigenvalue weighted by atomic mass is 32.2. The van der Waals surface area contributed by atoms with E-state index >= 15 is 0 Å². The van der Waals surface area contributed by atoms with Gasteiger partial charge in [-0.1, -0.05) is 6.07 Å². The van der Waals surface area contributed by atoms with Gasteiger partial charge in [-0.25, -0.2) is 22.8 Å². The van der Waals surface area contributed by atoms with Gasteiger partial charge in [0, 0.05) is 101 Å². The number of benzene rings is 2. The van der Waals surface area contributed by atoms with Crippen LogP contribution >= 0.6 is 0 Å². The third-order valence-corrected chi connectivity index (χ3v) is 11.8. The molecule has 280 valence electrons. The predicted octanol–water partition coefficient (Wildman–Crippen LogP) is 3.73. The number of piperazine rings is 1. The molecule has 53 heavy (non-hydrogen) atoms. The molecule has 0 spiro atoms. The first kappa shape index (κ1) is 38.0. The van der Waals surface area contributed by atoms with Crippen molar-refractivity contribution < 1.29 is 22.4 Å². The smallest absolute Gasteiger partial charge is 0.254 e. The summed E-state index contributed by atoms with van der Waals surface area (Å²) in [6.07, 6.45) is 5.67. The van der Waals surface area contributed by atoms with Crippen molar-refractivity contribution in [3.63, 3.8) is 0 Å². The van der Waals surface area contributed by atoms with Gasteiger partial charge in [0.2, 0.25) is 10.0 Å². The molecule has 1 N–H and O–H groups in total. The lowest BCUT2D eigenvalue weighted by molar-refractivity contribution is 0.0821. The average Bonchev–Trinajstić information content (AvgIpc) is 3.50. The first-order valence-corrected chi connectivity index (χ1v) is 19.7. The maximum absolute atomic E-state index is 14.1. The van der Waals surface area contributed by atoms with Gasteiger partial charge < -0.3 is 14.8 Å². The number of anilines is 1. The fourth-order valence-electron chi connectivity index (χ4n) is 7.40. The Morgan fingerprint density at radius 1 is 1.04 bits per heavy atom. The van der Waals surface area contributed by atoms with E-state index in [0.29, 0.717) is 44.2 Å². The van der Waals surface area contributed by atoms with E-state index in [2.05, 4.69) is 61.7 Å². The Morgan fingerprint density at radius 3 is 2.42 bits per heavy atom. The lowest BCUT2D eigenvalue weighted by atomic mass is 9.97. The highest BCUT2D eigenvalue weighted by Crippen LogP contribution is 2.29. The van der Waals surface area contributed by atoms with Gasteiger partial charge in [-0.2, -0.15) is 9.57 Å². The Kier molecular flexibility index (Phi) is 11.2. The number of hydrogen-bond acceptors (Lipinski definition) is 10. The van der Waals surface area contributed by atoms with Crippen LogP contribution in [-0.4, -0.2) is 125 Å². The standard InChI is InChI=1S/C38H46FN9O4S/c1-25(46-14-16-47(17-15-46)53(5,51)52)22-48-30(20-40)19-32-26(2)27(6-9-35(32)48)23-45-12-10-29(11-13-45)43-37-34(21-41-24-42-37)36(49)31-8-7-28(39)18-33(31)38(50)44(3)4/h6-9,18-19,21,24-25,29H,10-17,22-23H2,1-5H3,(H,41,42,43). The van der Waals surface area contributed by atoms with Gasteiger partial charge in [0.25, 0.3) is 5.91 Å². The summed E-state index contributed by atoms with van der Waals surface area (Å²) in [7, 11) is -0.106. The number of nitriles is 1. The van der Waals surface area contributed by atoms with Crippen LogP contribution in [-0.2, 0) is 23.1 Å². The summed E-state index contributed by atoms with van der Waals surface area (Å²) >= 11 is 0. The number of nitrogens with zero attached hydrogens (tertiary/aromatic N) is 8. The molecule has 13 nitrogen and oxygen atoms in total. The Hall–Kier alpha value is -4.75. The molecule has 2 aromatic heterocycles. The molecule has 1 unspecified atom stereocenters. The predicted molar refractivity (Wildman–Crippen MR) is 201 cm³/mol. The molecule has 1 amide bonds. The fourth-order valence-corrected chi connectivity index (χ4v) is 8.22. The third kappa shape index (κ3) is 8.26. The Bertz CT molecular complexity index is 2170. The van der Waals surface area contributed by atoms with Crippen LogP contribution in [0.1, 0.15) is 62.9 Å². The largest absolute Gasteiger partial charge is 0.367 e. The number of aryl methyl sites for hydroxylation is 1. The third-order valence-electron chi connectivity index (χ3n) is 10.5. The van der Waals surface area contributed by atoms with E-state index in [4.69, 9.17) is 0 Å². The average molecular weight is 744 g/mol. The van der Waals surface area contributed by atoms with Crippen LogP contribution < -0.4 is 5.32 Å². The molecular formula is C38H46FN9O4S. The normalized spacial score (nSPS) is 17.1. The molecule has 1 atom stereocenters. The summed E-state index contributed by atoms with van der Waals surface area (Å²) in [5.74, 6) is -1.16. The molecule has 4 aromatic rings. The SMILES string of the molecule is Cc1c(CN2CCC(Nc3ncncc3C(=O)c3ccc(F)cc3C(=O)N(C)C)CC2)ccc2c1cc(C#N)n2CC(C)N1CCN(S(C)(=O)=O)CC1. The molecule has 0 aliphatic carbocycles. The number of fused-ring (bicyclic) bond motifs is 1. The summed E-state index contributed by atoms with van der Waals surface area (Å²) < 4.78 is 41.6. The monoisotopic (exact) mass is 743 g/mol. The van der Waals surface area contributed by atoms with Gasteiger partial charge in [0.05, 0.1) is 17.4 Å². The number of rotatable bonds is 11. The highest BCUT2D eigenvalue weighted by Gasteiger charge is 2.28. The van der Waals surface area contributed by atoms with Crippen LogP contribution in [0.15, 0.2) is 48.9 Å². The van der Waals surface area contributed by atoms with Crippen LogP contribution in [0.4, 0.5) is 10.2 Å². The number of carbonyl (C=O) groups is 2. The van der Waals surface area contributed by atoms with Gasteiger partial charge >= 0.3 is 0 Å². The number of sulfonamides is 1. The quantitative estimate of drug-likeness (QED) is 0.226. The van der Waals surface area contributed by atoms with Crippen molar-refractivity contribution in [2.45, 2.75) is 51.9 Å². The zero-order valence-corrected chi connectivity index (χ0v) is 31.7. The Balaban J connectivity index is 1.10. The molecule has 2 aromatic carbocycles. The Morgan fingerprint density at radius 2 is 1.75 bits per heavy atom. The van der Waals surface area contributed by atoms with Crippen LogP contribution in [0.3, 0.4) is 0 Å². The van der Waals surface area contributed by atoms with Crippen molar-refractivity contribution in [3.8, 4) is 6.07 Å². The Labute approximate surface area is 310 Å². The molecule has 2 fully saturated rings. The van der Waals surface area contributed by atoms with E-state index in [9.17, 15) is 27.7 Å². The maximum atomic E-state index is 14.1. The zero-order chi connectivity index (χ0) is 38.0. The van der Waals surface area contributed by atoms with Crippen molar-refractivity contribution in [1.29, 1.82) is 5.26 Å². The number of amides is 1. The molecule has 15 heteroatoms. The molecule has 2 aliphatic heterocycles. The minimum atomic E-state index is -3.20. The minimum absolute atomic E-state index is 0.0196. The van der Waals surface area contributed by atoms with Crippen LogP contribution in [0.5, 0.6) is 0 Å². The second-order valence-electron chi connectivity index (χ2n) is 14.3. The van der Waals surface area contributed by atoms with Gasteiger partial charge in [0.15, 0.2) is 5.78 Å². The summed E-state index contributed by atoms with van der Waals surface area (Å²) in [4.78, 5) is 40.9. The number of nitrogens with one attached hydrogen (secondary N) is 1. The van der Waals surface area contributed by atoms with E-state index in [1.807, 2.05) is 6.07 Å². The van der Waals surface area contributed by atoms with Crippen molar-refractivity contribution in [2.75, 3.05) is 64.9 Å². The highest BCUT2D eigenvalue weighted by molar-refractivity contribution is 7.88. The van der Waals surface area contributed by atoms with Crippen molar-refractivity contribution in [3.05, 3.63) is 88.3 Å². The van der Waals surface area contributed by atoms with Gasteiger partial charge in [-0.3, -0.25) is 19.4 Å².